The Morgan fingerprint density at radius 1 is 1.05 bits per heavy atom. The highest BCUT2D eigenvalue weighted by molar-refractivity contribution is 6.38. The van der Waals surface area contributed by atoms with Gasteiger partial charge in [-0.05, 0) is 55.8 Å². The maximum absolute atomic E-state index is 12.9. The van der Waals surface area contributed by atoms with Crippen LogP contribution in [0.4, 0.5) is 5.69 Å². The number of fused-ring (bicyclic) bond motifs is 1. The lowest BCUT2D eigenvalue weighted by molar-refractivity contribution is -0.122. The van der Waals surface area contributed by atoms with E-state index in [2.05, 4.69) is 15.3 Å². The molecule has 0 saturated heterocycles. The molecule has 0 radical (unpaired) electrons. The zero-order chi connectivity index (χ0) is 28.6. The van der Waals surface area contributed by atoms with Crippen LogP contribution in [0.3, 0.4) is 0 Å². The molecule has 2 aromatic heterocycles. The van der Waals surface area contributed by atoms with E-state index in [0.29, 0.717) is 34.5 Å². The molecule has 2 amide bonds. The molecule has 0 aliphatic carbocycles. The Morgan fingerprint density at radius 3 is 2.62 bits per heavy atom. The molecule has 4 rings (SSSR count). The smallest absolute Gasteiger partial charge is 0.246 e. The predicted octanol–water partition coefficient (Wildman–Crippen LogP) is 6.02. The number of rotatable bonds is 10. The zero-order valence-electron chi connectivity index (χ0n) is 22.3. The summed E-state index contributed by atoms with van der Waals surface area (Å²) in [6, 6.07) is 16.4. The minimum Gasteiger partial charge on any atom is -0.487 e. The Bertz CT molecular complexity index is 1560. The fraction of sp³-hybridized carbons (Fsp3) is 0.200. The lowest BCUT2D eigenvalue weighted by Crippen LogP contribution is -2.37. The van der Waals surface area contributed by atoms with Gasteiger partial charge < -0.3 is 19.7 Å². The number of carbonyl (C=O) groups excluding carboxylic acids is 2. The summed E-state index contributed by atoms with van der Waals surface area (Å²) in [5, 5.41) is 4.22. The van der Waals surface area contributed by atoms with Crippen molar-refractivity contribution in [1.29, 1.82) is 0 Å². The first-order valence-corrected chi connectivity index (χ1v) is 13.3. The summed E-state index contributed by atoms with van der Waals surface area (Å²) >= 11 is 13.1. The van der Waals surface area contributed by atoms with Crippen molar-refractivity contribution in [3.8, 4) is 11.6 Å². The summed E-state index contributed by atoms with van der Waals surface area (Å²) < 4.78 is 11.4. The maximum atomic E-state index is 12.9. The van der Waals surface area contributed by atoms with E-state index in [1.54, 1.807) is 43.6 Å². The standard InChI is InChI=1S/C30H28Cl2N4O4/c1-4-39-27-15-10-20(16-34-27)9-14-26(37)33-17-28(38)36(3)24-13-12-23(31)22(29(24)32)18-40-25-7-5-6-21-11-8-19(2)35-30(21)25/h5-16H,4,17-18H2,1-3H3,(H,33,37). The number of pyridine rings is 2. The maximum Gasteiger partial charge on any atom is 0.246 e. The Labute approximate surface area is 242 Å². The Balaban J connectivity index is 1.39. The number of nitrogens with one attached hydrogen (secondary N) is 1. The zero-order valence-corrected chi connectivity index (χ0v) is 23.8. The molecule has 0 bridgehead atoms. The van der Waals surface area contributed by atoms with Crippen molar-refractivity contribution in [2.24, 2.45) is 0 Å². The van der Waals surface area contributed by atoms with Crippen molar-refractivity contribution < 1.29 is 19.1 Å². The van der Waals surface area contributed by atoms with Gasteiger partial charge in [0.2, 0.25) is 17.7 Å². The van der Waals surface area contributed by atoms with Crippen LogP contribution in [-0.4, -0.2) is 42.0 Å². The molecule has 4 aromatic rings. The number of hydrogen-bond donors (Lipinski definition) is 1. The number of benzene rings is 2. The third kappa shape index (κ3) is 7.08. The van der Waals surface area contributed by atoms with Crippen molar-refractivity contribution >= 4 is 57.7 Å². The summed E-state index contributed by atoms with van der Waals surface area (Å²) in [7, 11) is 1.58. The summed E-state index contributed by atoms with van der Waals surface area (Å²) in [5.74, 6) is 0.314. The van der Waals surface area contributed by atoms with E-state index in [9.17, 15) is 9.59 Å². The molecular formula is C30H28Cl2N4O4. The number of carbonyl (C=O) groups is 2. The highest BCUT2D eigenvalue weighted by Crippen LogP contribution is 2.35. The Kier molecular flexibility index (Phi) is 9.58. The molecule has 10 heteroatoms. The second kappa shape index (κ2) is 13.3. The van der Waals surface area contributed by atoms with E-state index in [1.165, 1.54) is 11.0 Å². The van der Waals surface area contributed by atoms with Crippen LogP contribution in [0.25, 0.3) is 17.0 Å². The SMILES string of the molecule is CCOc1ccc(C=CC(=O)NCC(=O)N(C)c2ccc(Cl)c(COc3cccc4ccc(C)nc34)c2Cl)cn1. The van der Waals surface area contributed by atoms with Crippen LogP contribution >= 0.6 is 23.2 Å². The fourth-order valence-corrected chi connectivity index (χ4v) is 4.44. The molecule has 0 aliphatic heterocycles. The normalized spacial score (nSPS) is 11.0. The molecule has 1 N–H and O–H groups in total. The molecule has 0 atom stereocenters. The third-order valence-electron chi connectivity index (χ3n) is 5.99. The van der Waals surface area contributed by atoms with E-state index in [1.807, 2.05) is 44.2 Å². The monoisotopic (exact) mass is 578 g/mol. The van der Waals surface area contributed by atoms with Crippen LogP contribution in [0.2, 0.25) is 10.0 Å². The highest BCUT2D eigenvalue weighted by Gasteiger charge is 2.19. The molecule has 206 valence electrons. The van der Waals surface area contributed by atoms with E-state index < -0.39 is 5.91 Å². The number of aromatic nitrogens is 2. The number of ether oxygens (including phenoxy) is 2. The van der Waals surface area contributed by atoms with Crippen LogP contribution in [0.1, 0.15) is 23.7 Å². The number of anilines is 1. The van der Waals surface area contributed by atoms with Gasteiger partial charge in [0.25, 0.3) is 0 Å². The number of amides is 2. The van der Waals surface area contributed by atoms with Gasteiger partial charge in [-0.25, -0.2) is 9.97 Å². The van der Waals surface area contributed by atoms with Gasteiger partial charge in [-0.2, -0.15) is 0 Å². The average molecular weight is 579 g/mol. The highest BCUT2D eigenvalue weighted by atomic mass is 35.5. The van der Waals surface area contributed by atoms with Crippen LogP contribution in [0.5, 0.6) is 11.6 Å². The van der Waals surface area contributed by atoms with Gasteiger partial charge in [0.15, 0.2) is 0 Å². The topological polar surface area (TPSA) is 93.7 Å². The van der Waals surface area contributed by atoms with Crippen molar-refractivity contribution in [2.45, 2.75) is 20.5 Å². The predicted molar refractivity (Wildman–Crippen MR) is 158 cm³/mol. The summed E-state index contributed by atoms with van der Waals surface area (Å²) in [6.07, 6.45) is 4.52. The Hall–Kier alpha value is -4.14. The first-order valence-electron chi connectivity index (χ1n) is 12.5. The van der Waals surface area contributed by atoms with Crippen LogP contribution in [0, 0.1) is 6.92 Å². The van der Waals surface area contributed by atoms with Gasteiger partial charge >= 0.3 is 0 Å². The largest absolute Gasteiger partial charge is 0.487 e. The molecule has 0 fully saturated rings. The molecule has 8 nitrogen and oxygen atoms in total. The summed E-state index contributed by atoms with van der Waals surface area (Å²) in [5.41, 5.74) is 3.30. The van der Waals surface area contributed by atoms with Gasteiger partial charge in [-0.3, -0.25) is 9.59 Å². The summed E-state index contributed by atoms with van der Waals surface area (Å²) in [4.78, 5) is 35.2. The van der Waals surface area contributed by atoms with E-state index in [-0.39, 0.29) is 24.1 Å². The van der Waals surface area contributed by atoms with E-state index >= 15 is 0 Å². The van der Waals surface area contributed by atoms with Crippen molar-refractivity contribution in [2.75, 3.05) is 25.1 Å². The van der Waals surface area contributed by atoms with Gasteiger partial charge in [0.1, 0.15) is 17.9 Å². The minimum absolute atomic E-state index is 0.0736. The van der Waals surface area contributed by atoms with Crippen LogP contribution in [0.15, 0.2) is 66.9 Å². The second-order valence-electron chi connectivity index (χ2n) is 8.79. The van der Waals surface area contributed by atoms with Crippen molar-refractivity contribution in [3.63, 3.8) is 0 Å². The van der Waals surface area contributed by atoms with E-state index in [0.717, 1.165) is 22.2 Å². The molecule has 0 saturated carbocycles. The number of likely N-dealkylation sites (N-methyl/N-ethyl adjacent to an activating group) is 1. The average Bonchev–Trinajstić information content (AvgIpc) is 2.95. The number of nitrogens with zero attached hydrogens (tertiary/aromatic N) is 3. The van der Waals surface area contributed by atoms with Gasteiger partial charge in [-0.15, -0.1) is 0 Å². The first-order chi connectivity index (χ1) is 19.3. The van der Waals surface area contributed by atoms with Gasteiger partial charge in [0, 0.05) is 47.1 Å². The van der Waals surface area contributed by atoms with E-state index in [4.69, 9.17) is 32.7 Å². The quantitative estimate of drug-likeness (QED) is 0.231. The summed E-state index contributed by atoms with van der Waals surface area (Å²) in [6.45, 7) is 4.15. The second-order valence-corrected chi connectivity index (χ2v) is 9.58. The Morgan fingerprint density at radius 2 is 1.88 bits per heavy atom. The van der Waals surface area contributed by atoms with Crippen molar-refractivity contribution in [3.05, 3.63) is 93.7 Å². The number of halogens is 2. The molecule has 40 heavy (non-hydrogen) atoms. The van der Waals surface area contributed by atoms with Gasteiger partial charge in [-0.1, -0.05) is 41.4 Å². The number of hydrogen-bond acceptors (Lipinski definition) is 6. The molecular weight excluding hydrogens is 551 g/mol. The number of aryl methyl sites for hydroxylation is 1. The molecule has 0 spiro atoms. The lowest BCUT2D eigenvalue weighted by Gasteiger charge is -2.21. The molecule has 2 heterocycles. The fourth-order valence-electron chi connectivity index (χ4n) is 3.83. The third-order valence-corrected chi connectivity index (χ3v) is 6.76. The molecule has 0 aliphatic rings. The van der Waals surface area contributed by atoms with Crippen LogP contribution in [-0.2, 0) is 16.2 Å². The number of para-hydroxylation sites is 1. The van der Waals surface area contributed by atoms with Crippen LogP contribution < -0.4 is 19.7 Å². The van der Waals surface area contributed by atoms with Crippen molar-refractivity contribution in [1.82, 2.24) is 15.3 Å². The van der Waals surface area contributed by atoms with Gasteiger partial charge in [0.05, 0.1) is 23.9 Å². The minimum atomic E-state index is -0.425. The first kappa shape index (κ1) is 28.9. The molecule has 2 aromatic carbocycles. The lowest BCUT2D eigenvalue weighted by atomic mass is 10.1. The molecule has 0 unspecified atom stereocenters.